The molecule has 1 heterocycles. The van der Waals surface area contributed by atoms with Crippen LogP contribution in [0.1, 0.15) is 25.3 Å². The number of nitrogens with zero attached hydrogens (tertiary/aromatic N) is 3. The molecule has 0 unspecified atom stereocenters. The van der Waals surface area contributed by atoms with Crippen LogP contribution in [0.4, 0.5) is 17.6 Å². The first-order chi connectivity index (χ1) is 9.08. The fourth-order valence-electron chi connectivity index (χ4n) is 1.62. The minimum atomic E-state index is 0.120. The second kappa shape index (κ2) is 5.51. The summed E-state index contributed by atoms with van der Waals surface area (Å²) in [6, 6.07) is 8.25. The normalized spacial score (nSPS) is 10.5. The molecule has 0 atom stereocenters. The first-order valence-corrected chi connectivity index (χ1v) is 6.01. The average Bonchev–Trinajstić information content (AvgIpc) is 2.38. The van der Waals surface area contributed by atoms with E-state index >= 15 is 0 Å². The SMILES string of the molecule is COc1nc(N)nc(Nc2cccc(C(C)C)c2)n1. The Morgan fingerprint density at radius 1 is 1.21 bits per heavy atom. The van der Waals surface area contributed by atoms with Crippen molar-refractivity contribution < 1.29 is 4.74 Å². The number of hydrogen-bond acceptors (Lipinski definition) is 6. The van der Waals surface area contributed by atoms with Gasteiger partial charge in [-0.15, -0.1) is 0 Å². The summed E-state index contributed by atoms with van der Waals surface area (Å²) in [5.74, 6) is 0.944. The number of methoxy groups -OCH3 is 1. The summed E-state index contributed by atoms with van der Waals surface area (Å²) in [6.07, 6.45) is 0. The molecule has 0 aliphatic heterocycles. The minimum absolute atomic E-state index is 0.120. The predicted octanol–water partition coefficient (Wildman–Crippen LogP) is 2.33. The molecule has 2 aromatic rings. The van der Waals surface area contributed by atoms with E-state index in [4.69, 9.17) is 10.5 Å². The molecule has 0 radical (unpaired) electrons. The second-order valence-corrected chi connectivity index (χ2v) is 4.41. The molecular weight excluding hydrogens is 242 g/mol. The maximum atomic E-state index is 5.58. The molecule has 0 spiro atoms. The lowest BCUT2D eigenvalue weighted by atomic mass is 10.0. The Kier molecular flexibility index (Phi) is 3.79. The fraction of sp³-hybridized carbons (Fsp3) is 0.308. The van der Waals surface area contributed by atoms with Crippen molar-refractivity contribution in [3.63, 3.8) is 0 Å². The molecular formula is C13H17N5O. The van der Waals surface area contributed by atoms with Crippen LogP contribution in [0.25, 0.3) is 0 Å². The van der Waals surface area contributed by atoms with Gasteiger partial charge in [0.2, 0.25) is 11.9 Å². The first kappa shape index (κ1) is 13.1. The molecule has 6 nitrogen and oxygen atoms in total. The van der Waals surface area contributed by atoms with E-state index < -0.39 is 0 Å². The van der Waals surface area contributed by atoms with Crippen LogP contribution < -0.4 is 15.8 Å². The van der Waals surface area contributed by atoms with Gasteiger partial charge in [-0.3, -0.25) is 0 Å². The number of rotatable bonds is 4. The van der Waals surface area contributed by atoms with E-state index in [0.29, 0.717) is 11.9 Å². The third-order valence-electron chi connectivity index (χ3n) is 2.62. The monoisotopic (exact) mass is 259 g/mol. The van der Waals surface area contributed by atoms with Crippen LogP contribution in [0.15, 0.2) is 24.3 Å². The van der Waals surface area contributed by atoms with Crippen LogP contribution in [0.3, 0.4) is 0 Å². The zero-order valence-corrected chi connectivity index (χ0v) is 11.2. The topological polar surface area (TPSA) is 86.0 Å². The number of anilines is 3. The summed E-state index contributed by atoms with van der Waals surface area (Å²) >= 11 is 0. The van der Waals surface area contributed by atoms with Gasteiger partial charge in [-0.1, -0.05) is 26.0 Å². The van der Waals surface area contributed by atoms with Gasteiger partial charge < -0.3 is 15.8 Å². The Morgan fingerprint density at radius 3 is 2.68 bits per heavy atom. The molecule has 0 aliphatic carbocycles. The van der Waals surface area contributed by atoms with Gasteiger partial charge in [-0.2, -0.15) is 15.0 Å². The smallest absolute Gasteiger partial charge is 0.322 e. The maximum Gasteiger partial charge on any atom is 0.322 e. The van der Waals surface area contributed by atoms with Gasteiger partial charge in [0.15, 0.2) is 0 Å². The summed E-state index contributed by atoms with van der Waals surface area (Å²) in [4.78, 5) is 11.9. The maximum absolute atomic E-state index is 5.58. The number of benzene rings is 1. The van der Waals surface area contributed by atoms with Crippen molar-refractivity contribution in [2.45, 2.75) is 19.8 Å². The Bertz CT molecular complexity index is 571. The van der Waals surface area contributed by atoms with E-state index in [2.05, 4.69) is 46.2 Å². The summed E-state index contributed by atoms with van der Waals surface area (Å²) in [5, 5.41) is 3.09. The number of aromatic nitrogens is 3. The zero-order chi connectivity index (χ0) is 13.8. The van der Waals surface area contributed by atoms with Crippen LogP contribution in [0.2, 0.25) is 0 Å². The molecule has 2 rings (SSSR count). The van der Waals surface area contributed by atoms with Gasteiger partial charge in [-0.05, 0) is 23.6 Å². The molecule has 19 heavy (non-hydrogen) atoms. The van der Waals surface area contributed by atoms with Gasteiger partial charge in [-0.25, -0.2) is 0 Å². The lowest BCUT2D eigenvalue weighted by molar-refractivity contribution is 0.380. The van der Waals surface area contributed by atoms with Gasteiger partial charge in [0.1, 0.15) is 0 Å². The molecule has 0 saturated heterocycles. The highest BCUT2D eigenvalue weighted by atomic mass is 16.5. The average molecular weight is 259 g/mol. The van der Waals surface area contributed by atoms with Crippen LogP contribution in [0.5, 0.6) is 6.01 Å². The van der Waals surface area contributed by atoms with E-state index in [1.165, 1.54) is 12.7 Å². The van der Waals surface area contributed by atoms with Crippen molar-refractivity contribution in [1.29, 1.82) is 0 Å². The standard InChI is InChI=1S/C13H17N5O/c1-8(2)9-5-4-6-10(7-9)15-12-16-11(14)17-13(18-12)19-3/h4-8H,1-3H3,(H3,14,15,16,17,18). The van der Waals surface area contributed by atoms with Crippen molar-refractivity contribution in [3.8, 4) is 6.01 Å². The summed E-state index contributed by atoms with van der Waals surface area (Å²) in [5.41, 5.74) is 7.72. The van der Waals surface area contributed by atoms with Crippen molar-refractivity contribution in [3.05, 3.63) is 29.8 Å². The molecule has 0 saturated carbocycles. The van der Waals surface area contributed by atoms with E-state index in [-0.39, 0.29) is 12.0 Å². The fourth-order valence-corrected chi connectivity index (χ4v) is 1.62. The first-order valence-electron chi connectivity index (χ1n) is 6.01. The van der Waals surface area contributed by atoms with Gasteiger partial charge in [0, 0.05) is 5.69 Å². The Labute approximate surface area is 112 Å². The summed E-state index contributed by atoms with van der Waals surface area (Å²) < 4.78 is 4.95. The number of ether oxygens (including phenoxy) is 1. The molecule has 0 fully saturated rings. The Balaban J connectivity index is 2.25. The molecule has 1 aromatic carbocycles. The quantitative estimate of drug-likeness (QED) is 0.876. The van der Waals surface area contributed by atoms with E-state index in [9.17, 15) is 0 Å². The highest BCUT2D eigenvalue weighted by Gasteiger charge is 2.06. The third-order valence-corrected chi connectivity index (χ3v) is 2.62. The van der Waals surface area contributed by atoms with Crippen molar-refractivity contribution in [2.75, 3.05) is 18.2 Å². The van der Waals surface area contributed by atoms with Crippen molar-refractivity contribution >= 4 is 17.6 Å². The summed E-state index contributed by atoms with van der Waals surface area (Å²) in [6.45, 7) is 4.28. The molecule has 100 valence electrons. The van der Waals surface area contributed by atoms with Crippen LogP contribution >= 0.6 is 0 Å². The molecule has 3 N–H and O–H groups in total. The lowest BCUT2D eigenvalue weighted by Crippen LogP contribution is -2.05. The molecule has 0 amide bonds. The summed E-state index contributed by atoms with van der Waals surface area (Å²) in [7, 11) is 1.48. The predicted molar refractivity (Wildman–Crippen MR) is 74.6 cm³/mol. The highest BCUT2D eigenvalue weighted by molar-refractivity contribution is 5.55. The van der Waals surface area contributed by atoms with E-state index in [1.54, 1.807) is 0 Å². The van der Waals surface area contributed by atoms with E-state index in [0.717, 1.165) is 5.69 Å². The van der Waals surface area contributed by atoms with Crippen LogP contribution in [-0.2, 0) is 0 Å². The van der Waals surface area contributed by atoms with Gasteiger partial charge in [0.25, 0.3) is 0 Å². The van der Waals surface area contributed by atoms with Crippen LogP contribution in [0, 0.1) is 0 Å². The third kappa shape index (κ3) is 3.31. The molecule has 0 aliphatic rings. The lowest BCUT2D eigenvalue weighted by Gasteiger charge is -2.10. The number of hydrogen-bond donors (Lipinski definition) is 2. The van der Waals surface area contributed by atoms with E-state index in [1.807, 2.05) is 12.1 Å². The highest BCUT2D eigenvalue weighted by Crippen LogP contribution is 2.21. The van der Waals surface area contributed by atoms with Gasteiger partial charge >= 0.3 is 6.01 Å². The number of nitrogens with two attached hydrogens (primary N) is 1. The van der Waals surface area contributed by atoms with Crippen molar-refractivity contribution in [2.24, 2.45) is 0 Å². The zero-order valence-electron chi connectivity index (χ0n) is 11.2. The molecule has 6 heteroatoms. The molecule has 1 aromatic heterocycles. The Morgan fingerprint density at radius 2 is 2.00 bits per heavy atom. The second-order valence-electron chi connectivity index (χ2n) is 4.41. The van der Waals surface area contributed by atoms with Gasteiger partial charge in [0.05, 0.1) is 7.11 Å². The van der Waals surface area contributed by atoms with Crippen LogP contribution in [-0.4, -0.2) is 22.1 Å². The number of nitrogens with one attached hydrogen (secondary N) is 1. The van der Waals surface area contributed by atoms with Crippen molar-refractivity contribution in [1.82, 2.24) is 15.0 Å². The Hall–Kier alpha value is -2.37. The number of nitrogen functional groups attached to an aromatic ring is 1. The minimum Gasteiger partial charge on any atom is -0.467 e. The largest absolute Gasteiger partial charge is 0.467 e. The molecule has 0 bridgehead atoms.